The van der Waals surface area contributed by atoms with Crippen molar-refractivity contribution in [2.24, 2.45) is 0 Å². The predicted octanol–water partition coefficient (Wildman–Crippen LogP) is 4.59. The summed E-state index contributed by atoms with van der Waals surface area (Å²) in [6, 6.07) is 25.4. The zero-order valence-corrected chi connectivity index (χ0v) is 20.3. The molecule has 0 aromatic heterocycles. The second-order valence-corrected chi connectivity index (χ2v) is 8.84. The number of aryl methyl sites for hydroxylation is 1. The highest BCUT2D eigenvalue weighted by Gasteiger charge is 2.25. The van der Waals surface area contributed by atoms with Crippen molar-refractivity contribution in [1.29, 1.82) is 5.26 Å². The van der Waals surface area contributed by atoms with Crippen LogP contribution in [0.25, 0.3) is 0 Å². The number of rotatable bonds is 8. The maximum Gasteiger partial charge on any atom is 0.253 e. The first-order valence-corrected chi connectivity index (χ1v) is 11.9. The maximum atomic E-state index is 12.9. The molecule has 0 N–H and O–H groups in total. The topological polar surface area (TPSA) is 65.8 Å². The molecule has 1 fully saturated rings. The Hall–Kier alpha value is -3.66. The molecule has 1 aliphatic heterocycles. The van der Waals surface area contributed by atoms with Crippen LogP contribution < -0.4 is 4.74 Å². The Kier molecular flexibility index (Phi) is 8.15. The van der Waals surface area contributed by atoms with Gasteiger partial charge in [0.15, 0.2) is 0 Å². The van der Waals surface area contributed by atoms with Crippen LogP contribution in [0, 0.1) is 18.3 Å². The number of carbonyl (C=O) groups is 1. The van der Waals surface area contributed by atoms with Crippen LogP contribution in [-0.4, -0.2) is 55.5 Å². The molecular formula is C29H31N3O3. The molecule has 0 bridgehead atoms. The lowest BCUT2D eigenvalue weighted by Crippen LogP contribution is -2.49. The van der Waals surface area contributed by atoms with Crippen molar-refractivity contribution in [2.75, 3.05) is 39.8 Å². The Bertz CT molecular complexity index is 1160. The van der Waals surface area contributed by atoms with Gasteiger partial charge in [0, 0.05) is 38.3 Å². The van der Waals surface area contributed by atoms with Gasteiger partial charge in [-0.2, -0.15) is 5.26 Å². The lowest BCUT2D eigenvalue weighted by molar-refractivity contribution is 0.00333. The summed E-state index contributed by atoms with van der Waals surface area (Å²) in [6.07, 6.45) is -0.153. The van der Waals surface area contributed by atoms with Gasteiger partial charge < -0.3 is 14.4 Å². The van der Waals surface area contributed by atoms with Crippen LogP contribution in [0.1, 0.15) is 38.7 Å². The normalized spacial score (nSPS) is 14.8. The first-order chi connectivity index (χ1) is 17.1. The van der Waals surface area contributed by atoms with Gasteiger partial charge in [-0.15, -0.1) is 0 Å². The van der Waals surface area contributed by atoms with Gasteiger partial charge in [0.1, 0.15) is 5.75 Å². The number of nitriles is 1. The number of nitrogens with zero attached hydrogens (tertiary/aromatic N) is 3. The highest BCUT2D eigenvalue weighted by molar-refractivity contribution is 5.94. The van der Waals surface area contributed by atoms with E-state index in [2.05, 4.69) is 17.0 Å². The summed E-state index contributed by atoms with van der Waals surface area (Å²) in [5.41, 5.74) is 4.60. The standard InChI is InChI=1S/C29H31N3O3/c1-22-6-12-25(13-7-22)29(33)32-16-14-31(15-17-32)20-28(26-4-3-5-27(18-26)34-2)35-21-24-10-8-23(19-30)9-11-24/h3-13,18,28H,14-17,20-21H2,1-2H3. The molecule has 1 unspecified atom stereocenters. The van der Waals surface area contributed by atoms with E-state index in [9.17, 15) is 4.79 Å². The second-order valence-electron chi connectivity index (χ2n) is 8.84. The zero-order chi connectivity index (χ0) is 24.6. The molecule has 0 spiro atoms. The van der Waals surface area contributed by atoms with Crippen LogP contribution in [0.4, 0.5) is 0 Å². The Morgan fingerprint density at radius 1 is 1.00 bits per heavy atom. The van der Waals surface area contributed by atoms with Crippen LogP contribution in [0.5, 0.6) is 5.75 Å². The minimum absolute atomic E-state index is 0.0889. The third-order valence-electron chi connectivity index (χ3n) is 6.38. The number of hydrogen-bond acceptors (Lipinski definition) is 5. The maximum absolute atomic E-state index is 12.9. The van der Waals surface area contributed by atoms with E-state index >= 15 is 0 Å². The summed E-state index contributed by atoms with van der Waals surface area (Å²) in [4.78, 5) is 17.2. The molecule has 0 radical (unpaired) electrons. The fraction of sp³-hybridized carbons (Fsp3) is 0.310. The van der Waals surface area contributed by atoms with Crippen LogP contribution in [0.15, 0.2) is 72.8 Å². The number of piperazine rings is 1. The summed E-state index contributed by atoms with van der Waals surface area (Å²) >= 11 is 0. The monoisotopic (exact) mass is 469 g/mol. The minimum atomic E-state index is -0.153. The van der Waals surface area contributed by atoms with Gasteiger partial charge in [0.05, 0.1) is 31.5 Å². The Morgan fingerprint density at radius 2 is 1.71 bits per heavy atom. The van der Waals surface area contributed by atoms with Crippen molar-refractivity contribution >= 4 is 5.91 Å². The van der Waals surface area contributed by atoms with E-state index in [1.807, 2.05) is 78.6 Å². The van der Waals surface area contributed by atoms with E-state index in [1.165, 1.54) is 0 Å². The van der Waals surface area contributed by atoms with Gasteiger partial charge >= 0.3 is 0 Å². The van der Waals surface area contributed by atoms with Gasteiger partial charge in [-0.25, -0.2) is 0 Å². The molecule has 4 rings (SSSR count). The van der Waals surface area contributed by atoms with Gasteiger partial charge in [0.25, 0.3) is 5.91 Å². The largest absolute Gasteiger partial charge is 0.497 e. The van der Waals surface area contributed by atoms with E-state index in [-0.39, 0.29) is 12.0 Å². The summed E-state index contributed by atoms with van der Waals surface area (Å²) in [5.74, 6) is 0.883. The highest BCUT2D eigenvalue weighted by atomic mass is 16.5. The average molecular weight is 470 g/mol. The molecule has 180 valence electrons. The van der Waals surface area contributed by atoms with Gasteiger partial charge in [-0.05, 0) is 54.4 Å². The number of hydrogen-bond donors (Lipinski definition) is 0. The fourth-order valence-corrected chi connectivity index (χ4v) is 4.22. The fourth-order valence-electron chi connectivity index (χ4n) is 4.22. The number of carbonyl (C=O) groups excluding carboxylic acids is 1. The molecule has 0 aliphatic carbocycles. The molecule has 0 saturated carbocycles. The third-order valence-corrected chi connectivity index (χ3v) is 6.38. The Labute approximate surface area is 207 Å². The van der Waals surface area contributed by atoms with E-state index in [0.29, 0.717) is 25.3 Å². The van der Waals surface area contributed by atoms with Crippen molar-refractivity contribution in [2.45, 2.75) is 19.6 Å². The lowest BCUT2D eigenvalue weighted by Gasteiger charge is -2.36. The molecule has 3 aromatic rings. The van der Waals surface area contributed by atoms with Crippen LogP contribution >= 0.6 is 0 Å². The molecule has 1 heterocycles. The smallest absolute Gasteiger partial charge is 0.253 e. The number of ether oxygens (including phenoxy) is 2. The number of methoxy groups -OCH3 is 1. The Morgan fingerprint density at radius 3 is 2.37 bits per heavy atom. The summed E-state index contributed by atoms with van der Waals surface area (Å²) in [7, 11) is 1.66. The van der Waals surface area contributed by atoms with Crippen LogP contribution in [0.3, 0.4) is 0 Å². The van der Waals surface area contributed by atoms with Crippen molar-refractivity contribution < 1.29 is 14.3 Å². The molecule has 1 amide bonds. The van der Waals surface area contributed by atoms with E-state index < -0.39 is 0 Å². The molecule has 35 heavy (non-hydrogen) atoms. The van der Waals surface area contributed by atoms with Gasteiger partial charge in [0.2, 0.25) is 0 Å². The number of benzene rings is 3. The minimum Gasteiger partial charge on any atom is -0.497 e. The van der Waals surface area contributed by atoms with Gasteiger partial charge in [-0.3, -0.25) is 9.69 Å². The van der Waals surface area contributed by atoms with E-state index in [0.717, 1.165) is 47.6 Å². The van der Waals surface area contributed by atoms with E-state index in [4.69, 9.17) is 14.7 Å². The predicted molar refractivity (Wildman–Crippen MR) is 135 cm³/mol. The first-order valence-electron chi connectivity index (χ1n) is 11.9. The third kappa shape index (κ3) is 6.48. The van der Waals surface area contributed by atoms with Crippen LogP contribution in [0.2, 0.25) is 0 Å². The quantitative estimate of drug-likeness (QED) is 0.483. The first kappa shape index (κ1) is 24.5. The molecular weight excluding hydrogens is 438 g/mol. The second kappa shape index (κ2) is 11.7. The van der Waals surface area contributed by atoms with E-state index in [1.54, 1.807) is 7.11 Å². The molecule has 1 atom stereocenters. The summed E-state index contributed by atoms with van der Waals surface area (Å²) < 4.78 is 11.8. The number of amides is 1. The van der Waals surface area contributed by atoms with Crippen LogP contribution in [-0.2, 0) is 11.3 Å². The molecule has 3 aromatic carbocycles. The lowest BCUT2D eigenvalue weighted by atomic mass is 10.1. The highest BCUT2D eigenvalue weighted by Crippen LogP contribution is 2.25. The Balaban J connectivity index is 1.40. The summed E-state index contributed by atoms with van der Waals surface area (Å²) in [5, 5.41) is 9.03. The van der Waals surface area contributed by atoms with Gasteiger partial charge in [-0.1, -0.05) is 42.0 Å². The van der Waals surface area contributed by atoms with Crippen molar-refractivity contribution in [1.82, 2.24) is 9.80 Å². The average Bonchev–Trinajstić information content (AvgIpc) is 2.91. The molecule has 1 aliphatic rings. The van der Waals surface area contributed by atoms with Crippen molar-refractivity contribution in [3.8, 4) is 11.8 Å². The molecule has 1 saturated heterocycles. The van der Waals surface area contributed by atoms with Crippen molar-refractivity contribution in [3.05, 3.63) is 101 Å². The molecule has 6 heteroatoms. The zero-order valence-electron chi connectivity index (χ0n) is 20.3. The van der Waals surface area contributed by atoms with Crippen molar-refractivity contribution in [3.63, 3.8) is 0 Å². The summed E-state index contributed by atoms with van der Waals surface area (Å²) in [6.45, 7) is 6.14. The SMILES string of the molecule is COc1cccc(C(CN2CCN(C(=O)c3ccc(C)cc3)CC2)OCc2ccc(C#N)cc2)c1. The molecule has 6 nitrogen and oxygen atoms in total.